The highest BCUT2D eigenvalue weighted by Crippen LogP contribution is 2.24. The Hall–Kier alpha value is -1.26. The predicted molar refractivity (Wildman–Crippen MR) is 82.5 cm³/mol. The molecule has 3 rings (SSSR count). The number of nitrogens with zero attached hydrogens (tertiary/aromatic N) is 3. The molecule has 0 saturated carbocycles. The maximum absolute atomic E-state index is 5.80. The van der Waals surface area contributed by atoms with Crippen molar-refractivity contribution in [3.05, 3.63) is 41.4 Å². The molecule has 2 aromatic rings. The summed E-state index contributed by atoms with van der Waals surface area (Å²) in [6.45, 7) is 4.12. The first-order valence-electron chi connectivity index (χ1n) is 6.42. The lowest BCUT2D eigenvalue weighted by molar-refractivity contribution is 0.651. The van der Waals surface area contributed by atoms with E-state index in [4.69, 9.17) is 11.6 Å². The lowest BCUT2D eigenvalue weighted by Gasteiger charge is -2.36. The molecule has 0 atom stereocenters. The summed E-state index contributed by atoms with van der Waals surface area (Å²) in [5.74, 6) is 0.500. The van der Waals surface area contributed by atoms with Crippen LogP contribution >= 0.6 is 22.9 Å². The summed E-state index contributed by atoms with van der Waals surface area (Å²) in [7, 11) is 0. The smallest absolute Gasteiger partial charge is 0.185 e. The maximum Gasteiger partial charge on any atom is 0.185 e. The van der Waals surface area contributed by atoms with E-state index in [2.05, 4.69) is 45.1 Å². The number of hydrogen-bond acceptors (Lipinski definition) is 4. The van der Waals surface area contributed by atoms with Gasteiger partial charge in [-0.05, 0) is 12.1 Å². The zero-order valence-corrected chi connectivity index (χ0v) is 12.2. The second-order valence-electron chi connectivity index (χ2n) is 4.56. The highest BCUT2D eigenvalue weighted by molar-refractivity contribution is 7.13. The molecular formula is C14H16ClN3S. The topological polar surface area (TPSA) is 19.4 Å². The third-order valence-corrected chi connectivity index (χ3v) is 4.57. The number of thiazole rings is 1. The highest BCUT2D eigenvalue weighted by atomic mass is 35.5. The van der Waals surface area contributed by atoms with Crippen molar-refractivity contribution < 1.29 is 0 Å². The first-order chi connectivity index (χ1) is 9.36. The Bertz CT molecular complexity index is 520. The molecule has 0 bridgehead atoms. The quantitative estimate of drug-likeness (QED) is 0.810. The minimum atomic E-state index is 0.500. The van der Waals surface area contributed by atoms with Crippen LogP contribution in [-0.4, -0.2) is 31.2 Å². The van der Waals surface area contributed by atoms with Crippen molar-refractivity contribution in [2.24, 2.45) is 0 Å². The summed E-state index contributed by atoms with van der Waals surface area (Å²) >= 11 is 7.49. The van der Waals surface area contributed by atoms with E-state index in [0.29, 0.717) is 5.88 Å². The van der Waals surface area contributed by atoms with Crippen LogP contribution in [0.15, 0.2) is 35.7 Å². The number of benzene rings is 1. The van der Waals surface area contributed by atoms with E-state index in [0.717, 1.165) is 37.0 Å². The fourth-order valence-electron chi connectivity index (χ4n) is 2.30. The minimum absolute atomic E-state index is 0.500. The summed E-state index contributed by atoms with van der Waals surface area (Å²) in [6.07, 6.45) is 0. The molecule has 1 aromatic carbocycles. The van der Waals surface area contributed by atoms with E-state index in [1.807, 2.05) is 5.38 Å². The molecule has 0 radical (unpaired) electrons. The molecule has 1 aliphatic rings. The number of alkyl halides is 1. The fraction of sp³-hybridized carbons (Fsp3) is 0.357. The lowest BCUT2D eigenvalue weighted by atomic mass is 10.2. The van der Waals surface area contributed by atoms with E-state index in [1.165, 1.54) is 5.69 Å². The van der Waals surface area contributed by atoms with Crippen molar-refractivity contribution in [2.45, 2.75) is 5.88 Å². The molecule has 2 heterocycles. The molecule has 1 aromatic heterocycles. The van der Waals surface area contributed by atoms with Gasteiger partial charge in [0.05, 0.1) is 11.6 Å². The number of para-hydroxylation sites is 1. The third-order valence-electron chi connectivity index (χ3n) is 3.35. The standard InChI is InChI=1S/C14H16ClN3S/c15-10-12-11-19-14(16-12)18-8-6-17(7-9-18)13-4-2-1-3-5-13/h1-5,11H,6-10H2. The van der Waals surface area contributed by atoms with Gasteiger partial charge in [-0.25, -0.2) is 4.98 Å². The first-order valence-corrected chi connectivity index (χ1v) is 7.83. The number of aromatic nitrogens is 1. The predicted octanol–water partition coefficient (Wildman–Crippen LogP) is 3.21. The van der Waals surface area contributed by atoms with Crippen LogP contribution in [0.3, 0.4) is 0 Å². The molecule has 0 spiro atoms. The molecule has 1 aliphatic heterocycles. The Kier molecular flexibility index (Phi) is 3.89. The Balaban J connectivity index is 1.63. The van der Waals surface area contributed by atoms with Crippen molar-refractivity contribution in [3.8, 4) is 0 Å². The highest BCUT2D eigenvalue weighted by Gasteiger charge is 2.19. The van der Waals surface area contributed by atoms with E-state index >= 15 is 0 Å². The molecule has 0 aliphatic carbocycles. The molecule has 3 nitrogen and oxygen atoms in total. The van der Waals surface area contributed by atoms with E-state index in [9.17, 15) is 0 Å². The second kappa shape index (κ2) is 5.80. The molecule has 100 valence electrons. The molecule has 0 amide bonds. The molecular weight excluding hydrogens is 278 g/mol. The van der Waals surface area contributed by atoms with Crippen molar-refractivity contribution in [3.63, 3.8) is 0 Å². The van der Waals surface area contributed by atoms with Crippen LogP contribution in [0.25, 0.3) is 0 Å². The Morgan fingerprint density at radius 2 is 1.74 bits per heavy atom. The van der Waals surface area contributed by atoms with Crippen LogP contribution in [-0.2, 0) is 5.88 Å². The summed E-state index contributed by atoms with van der Waals surface area (Å²) in [5.41, 5.74) is 2.29. The zero-order chi connectivity index (χ0) is 13.1. The van der Waals surface area contributed by atoms with Crippen molar-refractivity contribution >= 4 is 33.8 Å². The van der Waals surface area contributed by atoms with Crippen LogP contribution in [0.5, 0.6) is 0 Å². The number of hydrogen-bond donors (Lipinski definition) is 0. The lowest BCUT2D eigenvalue weighted by Crippen LogP contribution is -2.46. The van der Waals surface area contributed by atoms with Crippen LogP contribution in [0.1, 0.15) is 5.69 Å². The van der Waals surface area contributed by atoms with Gasteiger partial charge in [0, 0.05) is 37.2 Å². The Labute approximate surface area is 122 Å². The van der Waals surface area contributed by atoms with Gasteiger partial charge in [0.25, 0.3) is 0 Å². The molecule has 19 heavy (non-hydrogen) atoms. The third kappa shape index (κ3) is 2.85. The molecule has 1 fully saturated rings. The summed E-state index contributed by atoms with van der Waals surface area (Å²) in [5, 5.41) is 3.15. The van der Waals surface area contributed by atoms with Crippen LogP contribution in [0, 0.1) is 0 Å². The van der Waals surface area contributed by atoms with Crippen molar-refractivity contribution in [2.75, 3.05) is 36.0 Å². The first kappa shape index (κ1) is 12.8. The van der Waals surface area contributed by atoms with Gasteiger partial charge in [-0.3, -0.25) is 0 Å². The van der Waals surface area contributed by atoms with Crippen molar-refractivity contribution in [1.29, 1.82) is 0 Å². The Morgan fingerprint density at radius 1 is 1.05 bits per heavy atom. The zero-order valence-electron chi connectivity index (χ0n) is 10.6. The molecule has 0 N–H and O–H groups in total. The van der Waals surface area contributed by atoms with Crippen LogP contribution in [0.2, 0.25) is 0 Å². The van der Waals surface area contributed by atoms with E-state index in [-0.39, 0.29) is 0 Å². The number of halogens is 1. The Morgan fingerprint density at radius 3 is 2.37 bits per heavy atom. The second-order valence-corrected chi connectivity index (χ2v) is 5.67. The van der Waals surface area contributed by atoms with Crippen LogP contribution in [0.4, 0.5) is 10.8 Å². The van der Waals surface area contributed by atoms with Gasteiger partial charge in [0.15, 0.2) is 5.13 Å². The summed E-state index contributed by atoms with van der Waals surface area (Å²) in [4.78, 5) is 9.31. The van der Waals surface area contributed by atoms with Gasteiger partial charge in [-0.2, -0.15) is 0 Å². The van der Waals surface area contributed by atoms with E-state index < -0.39 is 0 Å². The van der Waals surface area contributed by atoms with Crippen molar-refractivity contribution in [1.82, 2.24) is 4.98 Å². The number of piperazine rings is 1. The normalized spacial score (nSPS) is 15.8. The largest absolute Gasteiger partial charge is 0.368 e. The fourth-order valence-corrected chi connectivity index (χ4v) is 3.41. The summed E-state index contributed by atoms with van der Waals surface area (Å²) in [6, 6.07) is 10.6. The van der Waals surface area contributed by atoms with Crippen LogP contribution < -0.4 is 9.80 Å². The average Bonchev–Trinajstić information content (AvgIpc) is 2.97. The minimum Gasteiger partial charge on any atom is -0.368 e. The van der Waals surface area contributed by atoms with Gasteiger partial charge in [-0.15, -0.1) is 22.9 Å². The number of rotatable bonds is 3. The van der Waals surface area contributed by atoms with E-state index in [1.54, 1.807) is 11.3 Å². The number of anilines is 2. The summed E-state index contributed by atoms with van der Waals surface area (Å²) < 4.78 is 0. The van der Waals surface area contributed by atoms with Gasteiger partial charge < -0.3 is 9.80 Å². The monoisotopic (exact) mass is 293 g/mol. The molecule has 5 heteroatoms. The van der Waals surface area contributed by atoms with Gasteiger partial charge in [0.2, 0.25) is 0 Å². The SMILES string of the molecule is ClCc1csc(N2CCN(c3ccccc3)CC2)n1. The maximum atomic E-state index is 5.80. The average molecular weight is 294 g/mol. The van der Waals surface area contributed by atoms with Gasteiger partial charge >= 0.3 is 0 Å². The van der Waals surface area contributed by atoms with Gasteiger partial charge in [0.1, 0.15) is 0 Å². The molecule has 0 unspecified atom stereocenters. The molecule has 1 saturated heterocycles. The van der Waals surface area contributed by atoms with Gasteiger partial charge in [-0.1, -0.05) is 18.2 Å².